The zero-order chi connectivity index (χ0) is 23.2. The highest BCUT2D eigenvalue weighted by Crippen LogP contribution is 2.38. The van der Waals surface area contributed by atoms with Crippen LogP contribution >= 0.6 is 0 Å². The molecule has 0 aliphatic rings. The summed E-state index contributed by atoms with van der Waals surface area (Å²) in [5.74, 6) is 2.19. The molecule has 0 spiro atoms. The van der Waals surface area contributed by atoms with Gasteiger partial charge in [0.1, 0.15) is 17.0 Å². The van der Waals surface area contributed by atoms with E-state index in [1.807, 2.05) is 95.9 Å². The summed E-state index contributed by atoms with van der Waals surface area (Å²) in [4.78, 5) is 14.0. The number of phenolic OH excluding ortho intramolecular Hbond substituents is 1. The van der Waals surface area contributed by atoms with Gasteiger partial charge in [0.25, 0.3) is 0 Å². The number of ether oxygens (including phenoxy) is 1. The van der Waals surface area contributed by atoms with Crippen molar-refractivity contribution in [3.8, 4) is 34.6 Å². The number of pyridine rings is 1. The van der Waals surface area contributed by atoms with Crippen LogP contribution in [0, 0.1) is 6.92 Å². The molecule has 0 fully saturated rings. The van der Waals surface area contributed by atoms with E-state index in [2.05, 4.69) is 9.97 Å². The van der Waals surface area contributed by atoms with E-state index in [0.717, 1.165) is 28.4 Å². The molecule has 0 bridgehead atoms. The molecule has 6 rings (SSSR count). The lowest BCUT2D eigenvalue weighted by Crippen LogP contribution is -1.98. The maximum atomic E-state index is 11.2. The highest BCUT2D eigenvalue weighted by Gasteiger charge is 2.18. The summed E-state index contributed by atoms with van der Waals surface area (Å²) in [6.07, 6.45) is 0. The fourth-order valence-electron chi connectivity index (χ4n) is 4.31. The number of para-hydroxylation sites is 3. The molecule has 0 aliphatic carbocycles. The molecular weight excluding hydrogens is 426 g/mol. The maximum absolute atomic E-state index is 11.2. The molecule has 0 radical (unpaired) electrons. The van der Waals surface area contributed by atoms with Crippen molar-refractivity contribution >= 4 is 22.1 Å². The SMILES string of the molecule is Cc1nc2ccc(Oc3cccc(-c4nc5ccccc5n4C)n3)c(O)c2n1-c1ccccc1. The Kier molecular flexibility index (Phi) is 4.55. The van der Waals surface area contributed by atoms with E-state index in [0.29, 0.717) is 28.4 Å². The molecular formula is C27H21N5O2. The molecule has 3 heterocycles. The van der Waals surface area contributed by atoms with Gasteiger partial charge in [0.05, 0.1) is 16.6 Å². The molecule has 7 heteroatoms. The number of aromatic hydroxyl groups is 1. The molecule has 0 atom stereocenters. The monoisotopic (exact) mass is 447 g/mol. The zero-order valence-electron chi connectivity index (χ0n) is 18.7. The van der Waals surface area contributed by atoms with E-state index in [1.54, 1.807) is 12.1 Å². The van der Waals surface area contributed by atoms with Crippen molar-refractivity contribution in [1.29, 1.82) is 0 Å². The molecule has 0 unspecified atom stereocenters. The van der Waals surface area contributed by atoms with Crippen molar-refractivity contribution < 1.29 is 9.84 Å². The first kappa shape index (κ1) is 20.0. The minimum absolute atomic E-state index is 0.0110. The summed E-state index contributed by atoms with van der Waals surface area (Å²) in [6.45, 7) is 1.91. The van der Waals surface area contributed by atoms with Gasteiger partial charge in [-0.25, -0.2) is 15.0 Å². The molecule has 166 valence electrons. The Morgan fingerprint density at radius 3 is 2.38 bits per heavy atom. The number of aryl methyl sites for hydroxylation is 2. The number of rotatable bonds is 4. The number of aromatic nitrogens is 5. The first-order chi connectivity index (χ1) is 16.6. The Morgan fingerprint density at radius 1 is 0.765 bits per heavy atom. The number of hydrogen-bond acceptors (Lipinski definition) is 5. The first-order valence-corrected chi connectivity index (χ1v) is 10.9. The zero-order valence-corrected chi connectivity index (χ0v) is 18.7. The summed E-state index contributed by atoms with van der Waals surface area (Å²) < 4.78 is 9.98. The first-order valence-electron chi connectivity index (χ1n) is 10.9. The van der Waals surface area contributed by atoms with Crippen LogP contribution < -0.4 is 4.74 Å². The quantitative estimate of drug-likeness (QED) is 0.371. The van der Waals surface area contributed by atoms with Crippen molar-refractivity contribution in [2.45, 2.75) is 6.92 Å². The predicted octanol–water partition coefficient (Wildman–Crippen LogP) is 5.78. The van der Waals surface area contributed by atoms with Crippen LogP contribution in [-0.4, -0.2) is 29.2 Å². The van der Waals surface area contributed by atoms with Gasteiger partial charge in [-0.05, 0) is 49.4 Å². The second kappa shape index (κ2) is 7.74. The molecule has 34 heavy (non-hydrogen) atoms. The third-order valence-electron chi connectivity index (χ3n) is 5.89. The second-order valence-electron chi connectivity index (χ2n) is 8.06. The molecule has 1 N–H and O–H groups in total. The normalized spacial score (nSPS) is 11.4. The van der Waals surface area contributed by atoms with Gasteiger partial charge in [0.15, 0.2) is 17.3 Å². The van der Waals surface area contributed by atoms with Crippen LogP contribution in [0.4, 0.5) is 0 Å². The van der Waals surface area contributed by atoms with E-state index < -0.39 is 0 Å². The number of phenols is 1. The minimum atomic E-state index is 0.0110. The Labute approximate surface area is 195 Å². The lowest BCUT2D eigenvalue weighted by molar-refractivity contribution is 0.406. The van der Waals surface area contributed by atoms with E-state index >= 15 is 0 Å². The number of imidazole rings is 2. The van der Waals surface area contributed by atoms with Gasteiger partial charge in [0, 0.05) is 18.8 Å². The molecule has 6 aromatic rings. The van der Waals surface area contributed by atoms with Crippen LogP contribution in [-0.2, 0) is 7.05 Å². The average Bonchev–Trinajstić information content (AvgIpc) is 3.39. The Balaban J connectivity index is 1.41. The number of fused-ring (bicyclic) bond motifs is 2. The molecule has 0 aliphatic heterocycles. The van der Waals surface area contributed by atoms with Gasteiger partial charge in [-0.2, -0.15) is 0 Å². The summed E-state index contributed by atoms with van der Waals surface area (Å²) in [5.41, 5.74) is 4.80. The summed E-state index contributed by atoms with van der Waals surface area (Å²) >= 11 is 0. The average molecular weight is 447 g/mol. The third-order valence-corrected chi connectivity index (χ3v) is 5.89. The molecule has 0 amide bonds. The van der Waals surface area contributed by atoms with Crippen LogP contribution in [0.25, 0.3) is 39.3 Å². The van der Waals surface area contributed by atoms with Gasteiger partial charge in [-0.1, -0.05) is 36.4 Å². The maximum Gasteiger partial charge on any atom is 0.220 e. The van der Waals surface area contributed by atoms with Crippen molar-refractivity contribution in [3.63, 3.8) is 0 Å². The van der Waals surface area contributed by atoms with Gasteiger partial charge in [0.2, 0.25) is 5.88 Å². The van der Waals surface area contributed by atoms with Crippen LogP contribution in [0.1, 0.15) is 5.82 Å². The summed E-state index contributed by atoms with van der Waals surface area (Å²) in [5, 5.41) is 11.2. The van der Waals surface area contributed by atoms with E-state index in [-0.39, 0.29) is 5.75 Å². The Morgan fingerprint density at radius 2 is 1.56 bits per heavy atom. The van der Waals surface area contributed by atoms with Crippen molar-refractivity contribution in [2.75, 3.05) is 0 Å². The van der Waals surface area contributed by atoms with Crippen LogP contribution in [0.3, 0.4) is 0 Å². The number of benzene rings is 3. The van der Waals surface area contributed by atoms with Crippen molar-refractivity contribution in [3.05, 3.63) is 90.8 Å². The van der Waals surface area contributed by atoms with E-state index in [4.69, 9.17) is 9.72 Å². The highest BCUT2D eigenvalue weighted by atomic mass is 16.5. The lowest BCUT2D eigenvalue weighted by Gasteiger charge is -2.11. The lowest BCUT2D eigenvalue weighted by atomic mass is 10.2. The smallest absolute Gasteiger partial charge is 0.220 e. The van der Waals surface area contributed by atoms with E-state index in [9.17, 15) is 5.11 Å². The van der Waals surface area contributed by atoms with E-state index in [1.165, 1.54) is 0 Å². The number of hydrogen-bond donors (Lipinski definition) is 1. The van der Waals surface area contributed by atoms with Gasteiger partial charge < -0.3 is 14.4 Å². The Bertz CT molecular complexity index is 1670. The van der Waals surface area contributed by atoms with Crippen LogP contribution in [0.15, 0.2) is 84.9 Å². The van der Waals surface area contributed by atoms with Crippen LogP contribution in [0.5, 0.6) is 17.4 Å². The van der Waals surface area contributed by atoms with Gasteiger partial charge in [-0.3, -0.25) is 4.57 Å². The Hall–Kier alpha value is -4.65. The molecule has 0 saturated carbocycles. The number of nitrogens with zero attached hydrogens (tertiary/aromatic N) is 5. The molecule has 7 nitrogen and oxygen atoms in total. The largest absolute Gasteiger partial charge is 0.503 e. The molecule has 3 aromatic carbocycles. The van der Waals surface area contributed by atoms with Gasteiger partial charge >= 0.3 is 0 Å². The summed E-state index contributed by atoms with van der Waals surface area (Å²) in [7, 11) is 1.96. The topological polar surface area (TPSA) is 78.0 Å². The fraction of sp³-hybridized carbons (Fsp3) is 0.0741. The predicted molar refractivity (Wildman–Crippen MR) is 131 cm³/mol. The van der Waals surface area contributed by atoms with Crippen molar-refractivity contribution in [1.82, 2.24) is 24.1 Å². The van der Waals surface area contributed by atoms with Crippen LogP contribution in [0.2, 0.25) is 0 Å². The fourth-order valence-corrected chi connectivity index (χ4v) is 4.31. The highest BCUT2D eigenvalue weighted by molar-refractivity contribution is 5.87. The second-order valence-corrected chi connectivity index (χ2v) is 8.06. The molecule has 0 saturated heterocycles. The standard InChI is InChI=1S/C27H21N5O2/c1-17-28-20-15-16-23(26(33)25(20)32(17)18-9-4-3-5-10-18)34-24-14-8-12-21(29-24)27-30-19-11-6-7-13-22(19)31(27)2/h3-16,33H,1-2H3. The summed E-state index contributed by atoms with van der Waals surface area (Å²) in [6, 6.07) is 26.8. The minimum Gasteiger partial charge on any atom is -0.503 e. The molecule has 3 aromatic heterocycles. The van der Waals surface area contributed by atoms with Crippen molar-refractivity contribution in [2.24, 2.45) is 7.05 Å². The van der Waals surface area contributed by atoms with Gasteiger partial charge in [-0.15, -0.1) is 0 Å². The third kappa shape index (κ3) is 3.17.